The lowest BCUT2D eigenvalue weighted by Gasteiger charge is -2.34. The first-order valence-corrected chi connectivity index (χ1v) is 9.03. The maximum Gasteiger partial charge on any atom is 0.310 e. The SMILES string of the molecule is CC(C)(C(=O)O)[C@H](C1=CCCC=C1)c1ccc(N2CCOCC2)cc1. The minimum atomic E-state index is -0.867. The van der Waals surface area contributed by atoms with Gasteiger partial charge in [0.2, 0.25) is 0 Å². The van der Waals surface area contributed by atoms with Crippen LogP contribution in [0.25, 0.3) is 0 Å². The summed E-state index contributed by atoms with van der Waals surface area (Å²) in [6.07, 6.45) is 8.42. The normalized spacial score (nSPS) is 19.4. The molecule has 1 fully saturated rings. The number of morpholine rings is 1. The number of carboxylic acid groups (broad SMARTS) is 1. The van der Waals surface area contributed by atoms with E-state index in [0.29, 0.717) is 0 Å². The largest absolute Gasteiger partial charge is 0.481 e. The molecule has 1 atom stereocenters. The van der Waals surface area contributed by atoms with Crippen LogP contribution in [-0.2, 0) is 9.53 Å². The van der Waals surface area contributed by atoms with Crippen LogP contribution >= 0.6 is 0 Å². The Balaban J connectivity index is 1.91. The van der Waals surface area contributed by atoms with Crippen LogP contribution in [0.1, 0.15) is 38.2 Å². The van der Waals surface area contributed by atoms with E-state index in [0.717, 1.165) is 50.3 Å². The average molecular weight is 341 g/mol. The van der Waals surface area contributed by atoms with Gasteiger partial charge in [0, 0.05) is 24.7 Å². The third kappa shape index (κ3) is 3.79. The van der Waals surface area contributed by atoms with Crippen molar-refractivity contribution in [3.63, 3.8) is 0 Å². The lowest BCUT2D eigenvalue weighted by atomic mass is 9.70. The van der Waals surface area contributed by atoms with Crippen molar-refractivity contribution in [1.82, 2.24) is 0 Å². The van der Waals surface area contributed by atoms with Gasteiger partial charge in [0.25, 0.3) is 0 Å². The zero-order chi connectivity index (χ0) is 17.9. The first-order chi connectivity index (χ1) is 12.0. The van der Waals surface area contributed by atoms with Crippen molar-refractivity contribution >= 4 is 11.7 Å². The molecule has 134 valence electrons. The van der Waals surface area contributed by atoms with Crippen LogP contribution in [-0.4, -0.2) is 37.4 Å². The van der Waals surface area contributed by atoms with E-state index in [1.165, 1.54) is 5.69 Å². The van der Waals surface area contributed by atoms with E-state index in [1.54, 1.807) is 0 Å². The second kappa shape index (κ2) is 7.44. The fourth-order valence-corrected chi connectivity index (χ4v) is 3.70. The Morgan fingerprint density at radius 1 is 1.16 bits per heavy atom. The van der Waals surface area contributed by atoms with E-state index in [-0.39, 0.29) is 5.92 Å². The molecule has 0 amide bonds. The summed E-state index contributed by atoms with van der Waals surface area (Å²) in [6, 6.07) is 8.39. The molecule has 25 heavy (non-hydrogen) atoms. The number of hydrogen-bond acceptors (Lipinski definition) is 3. The summed E-state index contributed by atoms with van der Waals surface area (Å²) in [5, 5.41) is 9.79. The van der Waals surface area contributed by atoms with Gasteiger partial charge in [0.1, 0.15) is 0 Å². The maximum atomic E-state index is 11.9. The predicted molar refractivity (Wildman–Crippen MR) is 100 cm³/mol. The van der Waals surface area contributed by atoms with Crippen molar-refractivity contribution in [1.29, 1.82) is 0 Å². The van der Waals surface area contributed by atoms with E-state index in [4.69, 9.17) is 4.74 Å². The van der Waals surface area contributed by atoms with Crippen molar-refractivity contribution in [2.75, 3.05) is 31.2 Å². The molecule has 0 spiro atoms. The standard InChI is InChI=1S/C21H27NO3/c1-21(2,20(23)24)19(16-6-4-3-5-7-16)17-8-10-18(11-9-17)22-12-14-25-15-13-22/h4,6-11,19H,3,5,12-15H2,1-2H3,(H,23,24)/t19-/m1/s1. The summed E-state index contributed by atoms with van der Waals surface area (Å²) in [5.74, 6) is -0.921. The number of allylic oxidation sites excluding steroid dienone is 4. The highest BCUT2D eigenvalue weighted by atomic mass is 16.5. The smallest absolute Gasteiger partial charge is 0.310 e. The maximum absolute atomic E-state index is 11.9. The van der Waals surface area contributed by atoms with E-state index < -0.39 is 11.4 Å². The first-order valence-electron chi connectivity index (χ1n) is 9.03. The third-order valence-electron chi connectivity index (χ3n) is 5.23. The monoisotopic (exact) mass is 341 g/mol. The molecule has 0 radical (unpaired) electrons. The van der Waals surface area contributed by atoms with E-state index in [9.17, 15) is 9.90 Å². The summed E-state index contributed by atoms with van der Waals surface area (Å²) in [6.45, 7) is 6.95. The van der Waals surface area contributed by atoms with Crippen molar-refractivity contribution in [3.05, 3.63) is 53.6 Å². The number of nitrogens with zero attached hydrogens (tertiary/aromatic N) is 1. The van der Waals surface area contributed by atoms with Crippen molar-refractivity contribution in [3.8, 4) is 0 Å². The Labute approximate surface area is 149 Å². The molecule has 4 nitrogen and oxygen atoms in total. The Morgan fingerprint density at radius 2 is 1.84 bits per heavy atom. The van der Waals surface area contributed by atoms with Crippen LogP contribution in [0, 0.1) is 5.41 Å². The molecule has 0 unspecified atom stereocenters. The summed E-state index contributed by atoms with van der Waals surface area (Å²) in [4.78, 5) is 14.2. The Hall–Kier alpha value is -2.07. The predicted octanol–water partition coefficient (Wildman–Crippen LogP) is 3.99. The van der Waals surface area contributed by atoms with Gasteiger partial charge in [-0.25, -0.2) is 0 Å². The molecule has 1 aliphatic carbocycles. The Morgan fingerprint density at radius 3 is 2.40 bits per heavy atom. The van der Waals surface area contributed by atoms with Crippen LogP contribution in [0.5, 0.6) is 0 Å². The number of rotatable bonds is 5. The average Bonchev–Trinajstić information content (AvgIpc) is 2.64. The number of hydrogen-bond donors (Lipinski definition) is 1. The molecule has 1 aromatic rings. The third-order valence-corrected chi connectivity index (χ3v) is 5.23. The number of benzene rings is 1. The topological polar surface area (TPSA) is 49.8 Å². The molecule has 0 bridgehead atoms. The number of anilines is 1. The zero-order valence-corrected chi connectivity index (χ0v) is 15.1. The fourth-order valence-electron chi connectivity index (χ4n) is 3.70. The molecule has 1 aromatic carbocycles. The molecule has 1 N–H and O–H groups in total. The fraction of sp³-hybridized carbons (Fsp3) is 0.476. The van der Waals surface area contributed by atoms with Gasteiger partial charge in [-0.2, -0.15) is 0 Å². The number of aliphatic carboxylic acids is 1. The molecule has 1 heterocycles. The summed E-state index contributed by atoms with van der Waals surface area (Å²) < 4.78 is 5.41. The quantitative estimate of drug-likeness (QED) is 0.880. The van der Waals surface area contributed by atoms with Gasteiger partial charge in [-0.15, -0.1) is 0 Å². The van der Waals surface area contributed by atoms with E-state index in [2.05, 4.69) is 47.4 Å². The summed E-state index contributed by atoms with van der Waals surface area (Å²) in [7, 11) is 0. The summed E-state index contributed by atoms with van der Waals surface area (Å²) in [5.41, 5.74) is 2.47. The van der Waals surface area contributed by atoms with Crippen LogP contribution in [0.4, 0.5) is 5.69 Å². The molecule has 0 aromatic heterocycles. The summed E-state index contributed by atoms with van der Waals surface area (Å²) >= 11 is 0. The van der Waals surface area contributed by atoms with Gasteiger partial charge in [0.15, 0.2) is 0 Å². The number of carbonyl (C=O) groups is 1. The highest BCUT2D eigenvalue weighted by molar-refractivity contribution is 5.76. The lowest BCUT2D eigenvalue weighted by Crippen LogP contribution is -2.36. The Bertz CT molecular complexity index is 667. The second-order valence-corrected chi connectivity index (χ2v) is 7.33. The van der Waals surface area contributed by atoms with Gasteiger partial charge in [-0.1, -0.05) is 30.4 Å². The second-order valence-electron chi connectivity index (χ2n) is 7.33. The lowest BCUT2D eigenvalue weighted by molar-refractivity contribution is -0.147. The molecule has 3 rings (SSSR count). The van der Waals surface area contributed by atoms with Crippen molar-refractivity contribution in [2.45, 2.75) is 32.6 Å². The molecule has 0 saturated carbocycles. The molecule has 1 aliphatic heterocycles. The minimum absolute atomic E-state index is 0.153. The van der Waals surface area contributed by atoms with Crippen LogP contribution in [0.3, 0.4) is 0 Å². The van der Waals surface area contributed by atoms with Gasteiger partial charge in [0.05, 0.1) is 18.6 Å². The number of ether oxygens (including phenoxy) is 1. The van der Waals surface area contributed by atoms with Crippen LogP contribution < -0.4 is 4.90 Å². The van der Waals surface area contributed by atoms with E-state index >= 15 is 0 Å². The molecule has 4 heteroatoms. The van der Waals surface area contributed by atoms with Crippen LogP contribution in [0.2, 0.25) is 0 Å². The highest BCUT2D eigenvalue weighted by Crippen LogP contribution is 2.43. The zero-order valence-electron chi connectivity index (χ0n) is 15.1. The van der Waals surface area contributed by atoms with Gasteiger partial charge < -0.3 is 14.7 Å². The van der Waals surface area contributed by atoms with Gasteiger partial charge in [-0.3, -0.25) is 4.79 Å². The molecular weight excluding hydrogens is 314 g/mol. The van der Waals surface area contributed by atoms with Crippen LogP contribution in [0.15, 0.2) is 48.1 Å². The first kappa shape index (κ1) is 17.7. The Kier molecular flexibility index (Phi) is 5.28. The number of carboxylic acids is 1. The van der Waals surface area contributed by atoms with Crippen molar-refractivity contribution < 1.29 is 14.6 Å². The van der Waals surface area contributed by atoms with Crippen molar-refractivity contribution in [2.24, 2.45) is 5.41 Å². The highest BCUT2D eigenvalue weighted by Gasteiger charge is 2.39. The minimum Gasteiger partial charge on any atom is -0.481 e. The molecule has 2 aliphatic rings. The molecular formula is C21H27NO3. The van der Waals surface area contributed by atoms with E-state index in [1.807, 2.05) is 13.8 Å². The van der Waals surface area contributed by atoms with Gasteiger partial charge >= 0.3 is 5.97 Å². The van der Waals surface area contributed by atoms with Gasteiger partial charge in [-0.05, 0) is 50.0 Å². The molecule has 1 saturated heterocycles.